The largest absolute Gasteiger partial charge is 0.481 e. The van der Waals surface area contributed by atoms with Crippen molar-refractivity contribution in [2.45, 2.75) is 98.0 Å². The van der Waals surface area contributed by atoms with Crippen LogP contribution in [0.3, 0.4) is 0 Å². The zero-order chi connectivity index (χ0) is 23.4. The Hall–Kier alpha value is -1.69. The van der Waals surface area contributed by atoms with Gasteiger partial charge in [0.05, 0.1) is 6.10 Å². The van der Waals surface area contributed by atoms with Crippen molar-refractivity contribution in [2.75, 3.05) is 0 Å². The van der Waals surface area contributed by atoms with Crippen molar-refractivity contribution in [1.82, 2.24) is 0 Å². The lowest BCUT2D eigenvalue weighted by molar-refractivity contribution is -0.137. The summed E-state index contributed by atoms with van der Waals surface area (Å²) >= 11 is 0. The first-order chi connectivity index (χ1) is 14.5. The number of carboxylic acids is 2. The van der Waals surface area contributed by atoms with Gasteiger partial charge in [0, 0.05) is 19.3 Å². The standard InChI is InChI=1S/C19H28O2.2C3H6O2/c1-18-9-7-13(20)11-12(18)3-4-14-15-5-6-17(21)19(15,2)10-8-16(14)18;2*1-2-3(4)5/h11,14-17,21H,3-10H2,1-2H3;2*2H2,1H3,(H,4,5)/t14-,15-,16-,17-,18-,19-;;/m0../s1. The maximum Gasteiger partial charge on any atom is 0.303 e. The number of aliphatic carboxylic acids is 2. The van der Waals surface area contributed by atoms with Gasteiger partial charge in [0.25, 0.3) is 0 Å². The van der Waals surface area contributed by atoms with Crippen LogP contribution in [-0.4, -0.2) is 39.1 Å². The van der Waals surface area contributed by atoms with Gasteiger partial charge in [-0.25, -0.2) is 0 Å². The fraction of sp³-hybridized carbons (Fsp3) is 0.800. The van der Waals surface area contributed by atoms with E-state index < -0.39 is 11.9 Å². The van der Waals surface area contributed by atoms with E-state index in [0.29, 0.717) is 11.7 Å². The SMILES string of the molecule is CCC(=O)O.CCC(=O)O.C[C@]12CC[C@H]3[C@@H](CCC4=CC(=O)CC[C@@]43C)[C@@H]1CC[C@@H]2O. The number of carboxylic acid groups (broad SMARTS) is 2. The molecule has 0 spiro atoms. The summed E-state index contributed by atoms with van der Waals surface area (Å²) < 4.78 is 0. The highest BCUT2D eigenvalue weighted by atomic mass is 16.4. The number of allylic oxidation sites excluding steroid dienone is 1. The fourth-order valence-corrected chi connectivity index (χ4v) is 6.53. The average Bonchev–Trinajstić information content (AvgIpc) is 3.04. The molecule has 0 aliphatic heterocycles. The Kier molecular flexibility index (Phi) is 8.48. The second-order valence-electron chi connectivity index (χ2n) is 10.1. The summed E-state index contributed by atoms with van der Waals surface area (Å²) in [7, 11) is 0. The first-order valence-electron chi connectivity index (χ1n) is 11.8. The number of carbonyl (C=O) groups is 3. The third-order valence-electron chi connectivity index (χ3n) is 8.52. The lowest BCUT2D eigenvalue weighted by Crippen LogP contribution is -2.51. The van der Waals surface area contributed by atoms with Crippen molar-refractivity contribution in [2.24, 2.45) is 28.6 Å². The molecule has 0 amide bonds. The van der Waals surface area contributed by atoms with Crippen LogP contribution in [0.1, 0.15) is 91.9 Å². The number of aliphatic hydroxyl groups excluding tert-OH is 1. The Balaban J connectivity index is 0.000000289. The molecule has 176 valence electrons. The molecule has 6 heteroatoms. The minimum Gasteiger partial charge on any atom is -0.481 e. The number of carbonyl (C=O) groups excluding carboxylic acids is 1. The Morgan fingerprint density at radius 3 is 2.06 bits per heavy atom. The van der Waals surface area contributed by atoms with Crippen molar-refractivity contribution in [3.8, 4) is 0 Å². The van der Waals surface area contributed by atoms with Crippen LogP contribution in [0.2, 0.25) is 0 Å². The van der Waals surface area contributed by atoms with Gasteiger partial charge in [0.1, 0.15) is 0 Å². The zero-order valence-electron chi connectivity index (χ0n) is 19.5. The summed E-state index contributed by atoms with van der Waals surface area (Å²) in [5.41, 5.74) is 1.89. The van der Waals surface area contributed by atoms with Crippen LogP contribution >= 0.6 is 0 Å². The molecule has 0 bridgehead atoms. The molecule has 0 aromatic heterocycles. The molecule has 3 fully saturated rings. The van der Waals surface area contributed by atoms with Crippen molar-refractivity contribution in [1.29, 1.82) is 0 Å². The van der Waals surface area contributed by atoms with E-state index in [1.165, 1.54) is 31.3 Å². The van der Waals surface area contributed by atoms with Crippen LogP contribution in [0.4, 0.5) is 0 Å². The topological polar surface area (TPSA) is 112 Å². The lowest BCUT2D eigenvalue weighted by atomic mass is 9.47. The van der Waals surface area contributed by atoms with E-state index in [4.69, 9.17) is 10.2 Å². The minimum absolute atomic E-state index is 0.0823. The summed E-state index contributed by atoms with van der Waals surface area (Å²) in [5.74, 6) is 1.08. The van der Waals surface area contributed by atoms with Crippen molar-refractivity contribution >= 4 is 17.7 Å². The maximum atomic E-state index is 11.8. The predicted molar refractivity (Wildman–Crippen MR) is 119 cm³/mol. The monoisotopic (exact) mass is 436 g/mol. The highest BCUT2D eigenvalue weighted by Gasteiger charge is 2.58. The third kappa shape index (κ3) is 5.39. The molecule has 4 aliphatic rings. The highest BCUT2D eigenvalue weighted by Crippen LogP contribution is 2.65. The first-order valence-corrected chi connectivity index (χ1v) is 11.8. The number of ketones is 1. The number of hydrogen-bond donors (Lipinski definition) is 3. The van der Waals surface area contributed by atoms with Gasteiger partial charge >= 0.3 is 11.9 Å². The van der Waals surface area contributed by atoms with Crippen LogP contribution in [0.25, 0.3) is 0 Å². The number of hydrogen-bond acceptors (Lipinski definition) is 4. The molecule has 0 unspecified atom stereocenters. The lowest BCUT2D eigenvalue weighted by Gasteiger charge is -2.57. The molecule has 0 saturated heterocycles. The van der Waals surface area contributed by atoms with E-state index in [1.807, 2.05) is 6.08 Å². The third-order valence-corrected chi connectivity index (χ3v) is 8.52. The summed E-state index contributed by atoms with van der Waals surface area (Å²) in [4.78, 5) is 30.5. The van der Waals surface area contributed by atoms with E-state index in [1.54, 1.807) is 13.8 Å². The Bertz CT molecular complexity index is 699. The number of rotatable bonds is 2. The fourth-order valence-electron chi connectivity index (χ4n) is 6.53. The highest BCUT2D eigenvalue weighted by molar-refractivity contribution is 5.91. The summed E-state index contributed by atoms with van der Waals surface area (Å²) in [5, 5.41) is 25.9. The Morgan fingerprint density at radius 1 is 0.935 bits per heavy atom. The second-order valence-corrected chi connectivity index (χ2v) is 10.1. The molecule has 6 atom stereocenters. The predicted octanol–water partition coefficient (Wildman–Crippen LogP) is 4.84. The smallest absolute Gasteiger partial charge is 0.303 e. The van der Waals surface area contributed by atoms with Gasteiger partial charge in [-0.2, -0.15) is 0 Å². The van der Waals surface area contributed by atoms with Gasteiger partial charge < -0.3 is 15.3 Å². The van der Waals surface area contributed by atoms with Crippen molar-refractivity contribution < 1.29 is 29.7 Å². The molecule has 4 rings (SSSR count). The molecule has 3 N–H and O–H groups in total. The van der Waals surface area contributed by atoms with E-state index in [-0.39, 0.29) is 29.8 Å². The van der Waals surface area contributed by atoms with Crippen LogP contribution in [-0.2, 0) is 14.4 Å². The molecule has 31 heavy (non-hydrogen) atoms. The summed E-state index contributed by atoms with van der Waals surface area (Å²) in [6, 6.07) is 0. The number of fused-ring (bicyclic) bond motifs is 5. The molecule has 4 aliphatic carbocycles. The van der Waals surface area contributed by atoms with Crippen LogP contribution < -0.4 is 0 Å². The van der Waals surface area contributed by atoms with E-state index in [0.717, 1.165) is 37.5 Å². The van der Waals surface area contributed by atoms with Gasteiger partial charge in [-0.15, -0.1) is 0 Å². The summed E-state index contributed by atoms with van der Waals surface area (Å²) in [6.45, 7) is 7.96. The van der Waals surface area contributed by atoms with E-state index >= 15 is 0 Å². The molecule has 0 radical (unpaired) electrons. The molecule has 6 nitrogen and oxygen atoms in total. The molecular weight excluding hydrogens is 396 g/mol. The zero-order valence-corrected chi connectivity index (χ0v) is 19.5. The number of aliphatic hydroxyl groups is 1. The van der Waals surface area contributed by atoms with Gasteiger partial charge in [-0.05, 0) is 79.6 Å². The van der Waals surface area contributed by atoms with Gasteiger partial charge in [-0.3, -0.25) is 14.4 Å². The van der Waals surface area contributed by atoms with Crippen molar-refractivity contribution in [3.63, 3.8) is 0 Å². The van der Waals surface area contributed by atoms with Crippen LogP contribution in [0, 0.1) is 28.6 Å². The average molecular weight is 437 g/mol. The molecular formula is C25H40O6. The van der Waals surface area contributed by atoms with Gasteiger partial charge in [-0.1, -0.05) is 33.3 Å². The normalized spacial score (nSPS) is 38.1. The second kappa shape index (κ2) is 10.3. The summed E-state index contributed by atoms with van der Waals surface area (Å²) in [6.07, 6.45) is 11.2. The maximum absolute atomic E-state index is 11.8. The van der Waals surface area contributed by atoms with Crippen LogP contribution in [0.15, 0.2) is 11.6 Å². The van der Waals surface area contributed by atoms with E-state index in [2.05, 4.69) is 13.8 Å². The molecule has 0 aromatic carbocycles. The quantitative estimate of drug-likeness (QED) is 0.571. The van der Waals surface area contributed by atoms with Gasteiger partial charge in [0.2, 0.25) is 0 Å². The van der Waals surface area contributed by atoms with Gasteiger partial charge in [0.15, 0.2) is 5.78 Å². The Morgan fingerprint density at radius 2 is 1.52 bits per heavy atom. The first kappa shape index (κ1) is 25.6. The minimum atomic E-state index is -0.745. The molecule has 0 aromatic rings. The Labute approximate surface area is 186 Å². The molecule has 3 saturated carbocycles. The van der Waals surface area contributed by atoms with E-state index in [9.17, 15) is 19.5 Å². The van der Waals surface area contributed by atoms with Crippen LogP contribution in [0.5, 0.6) is 0 Å². The van der Waals surface area contributed by atoms with Crippen molar-refractivity contribution in [3.05, 3.63) is 11.6 Å². The molecule has 0 heterocycles.